The van der Waals surface area contributed by atoms with E-state index in [-0.39, 0.29) is 23.6 Å². The standard InChI is InChI=1S/C44H40N2O4S2/c1-3-5-7-9-25-45-41(47)31-15-11-13-29-27(17-19-33(39(29)31)43(45)49)35-21-23-37(51-35)38-24-22-36(52-38)28-18-20-34-40-30(28)14-12-16-32(40)42(48)46(44(34)50)26-10-8-6-4-2/h11-24H,3-10,25-26H2,1-2H3. The quantitative estimate of drug-likeness (QED) is 0.0878. The summed E-state index contributed by atoms with van der Waals surface area (Å²) in [5.74, 6) is -0.826. The number of carbonyl (C=O) groups excluding carboxylic acids is 4. The lowest BCUT2D eigenvalue weighted by atomic mass is 9.90. The van der Waals surface area contributed by atoms with Crippen molar-refractivity contribution in [2.24, 2.45) is 0 Å². The summed E-state index contributed by atoms with van der Waals surface area (Å²) < 4.78 is 0. The zero-order chi connectivity index (χ0) is 35.9. The summed E-state index contributed by atoms with van der Waals surface area (Å²) in [6.45, 7) is 5.19. The van der Waals surface area contributed by atoms with Crippen molar-refractivity contribution >= 4 is 67.8 Å². The molecule has 8 rings (SSSR count). The molecule has 0 fully saturated rings. The van der Waals surface area contributed by atoms with Crippen molar-refractivity contribution in [3.63, 3.8) is 0 Å². The van der Waals surface area contributed by atoms with Crippen molar-refractivity contribution < 1.29 is 19.2 Å². The van der Waals surface area contributed by atoms with Gasteiger partial charge in [0.15, 0.2) is 0 Å². The summed E-state index contributed by atoms with van der Waals surface area (Å²) in [5, 5.41) is 3.31. The molecule has 2 aliphatic rings. The second-order valence-electron chi connectivity index (χ2n) is 13.8. The van der Waals surface area contributed by atoms with Crippen LogP contribution in [0.15, 0.2) is 84.9 Å². The van der Waals surface area contributed by atoms with Crippen LogP contribution in [-0.4, -0.2) is 46.5 Å². The molecule has 0 saturated carbocycles. The molecule has 262 valence electrons. The smallest absolute Gasteiger partial charge is 0.261 e. The van der Waals surface area contributed by atoms with Gasteiger partial charge in [-0.25, -0.2) is 0 Å². The van der Waals surface area contributed by atoms with Gasteiger partial charge in [0.05, 0.1) is 0 Å². The van der Waals surface area contributed by atoms with Gasteiger partial charge in [-0.1, -0.05) is 88.8 Å². The van der Waals surface area contributed by atoms with Gasteiger partial charge in [0.2, 0.25) is 0 Å². The number of imide groups is 2. The molecule has 6 nitrogen and oxygen atoms in total. The van der Waals surface area contributed by atoms with E-state index >= 15 is 0 Å². The highest BCUT2D eigenvalue weighted by atomic mass is 32.1. The Morgan fingerprint density at radius 2 is 0.769 bits per heavy atom. The van der Waals surface area contributed by atoms with Crippen molar-refractivity contribution in [1.29, 1.82) is 0 Å². The fourth-order valence-electron chi connectivity index (χ4n) is 7.75. The Bertz CT molecular complexity index is 2190. The zero-order valence-corrected chi connectivity index (χ0v) is 31.1. The summed E-state index contributed by atoms with van der Waals surface area (Å²) in [4.78, 5) is 61.4. The van der Waals surface area contributed by atoms with Crippen LogP contribution in [0.2, 0.25) is 0 Å². The van der Waals surface area contributed by atoms with E-state index in [4.69, 9.17) is 0 Å². The van der Waals surface area contributed by atoms with Crippen LogP contribution >= 0.6 is 22.7 Å². The number of carbonyl (C=O) groups is 4. The molecule has 0 aliphatic carbocycles. The van der Waals surface area contributed by atoms with Gasteiger partial charge >= 0.3 is 0 Å². The zero-order valence-electron chi connectivity index (χ0n) is 29.5. The molecule has 6 aromatic rings. The third kappa shape index (κ3) is 5.78. The van der Waals surface area contributed by atoms with Gasteiger partial charge in [0.1, 0.15) is 0 Å². The Morgan fingerprint density at radius 1 is 0.404 bits per heavy atom. The van der Waals surface area contributed by atoms with E-state index in [1.807, 2.05) is 60.7 Å². The van der Waals surface area contributed by atoms with Crippen LogP contribution < -0.4 is 0 Å². The van der Waals surface area contributed by atoms with E-state index in [0.29, 0.717) is 35.3 Å². The first kappa shape index (κ1) is 34.2. The third-order valence-corrected chi connectivity index (χ3v) is 12.9. The molecule has 0 bridgehead atoms. The van der Waals surface area contributed by atoms with E-state index in [2.05, 4.69) is 38.1 Å². The van der Waals surface area contributed by atoms with Gasteiger partial charge in [-0.2, -0.15) is 0 Å². The topological polar surface area (TPSA) is 74.8 Å². The van der Waals surface area contributed by atoms with E-state index < -0.39 is 0 Å². The van der Waals surface area contributed by atoms with Crippen molar-refractivity contribution in [1.82, 2.24) is 9.80 Å². The molecule has 8 heteroatoms. The third-order valence-electron chi connectivity index (χ3n) is 10.4. The van der Waals surface area contributed by atoms with E-state index in [1.165, 1.54) is 9.80 Å². The van der Waals surface area contributed by atoms with E-state index in [1.54, 1.807) is 22.7 Å². The second-order valence-corrected chi connectivity index (χ2v) is 15.9. The fourth-order valence-corrected chi connectivity index (χ4v) is 9.93. The van der Waals surface area contributed by atoms with Crippen molar-refractivity contribution in [3.05, 3.63) is 107 Å². The van der Waals surface area contributed by atoms with Crippen LogP contribution in [0.3, 0.4) is 0 Å². The molecule has 4 amide bonds. The number of nitrogens with zero attached hydrogens (tertiary/aromatic N) is 2. The minimum atomic E-state index is -0.207. The molecule has 0 unspecified atom stereocenters. The van der Waals surface area contributed by atoms with E-state index in [0.717, 1.165) is 104 Å². The molecule has 0 atom stereocenters. The fraction of sp³-hybridized carbons (Fsp3) is 0.273. The number of hydrogen-bond donors (Lipinski definition) is 0. The van der Waals surface area contributed by atoms with Crippen molar-refractivity contribution in [3.8, 4) is 30.6 Å². The summed E-state index contributed by atoms with van der Waals surface area (Å²) in [5.41, 5.74) is 4.37. The maximum atomic E-state index is 13.6. The highest BCUT2D eigenvalue weighted by Crippen LogP contribution is 2.45. The molecule has 0 N–H and O–H groups in total. The van der Waals surface area contributed by atoms with Gasteiger partial charge in [0.25, 0.3) is 23.6 Å². The lowest BCUT2D eigenvalue weighted by Gasteiger charge is -2.27. The molecule has 4 aromatic carbocycles. The number of benzene rings is 4. The summed E-state index contributed by atoms with van der Waals surface area (Å²) in [6, 6.07) is 27.8. The molecule has 2 aliphatic heterocycles. The summed E-state index contributed by atoms with van der Waals surface area (Å²) in [6.07, 6.45) is 8.01. The summed E-state index contributed by atoms with van der Waals surface area (Å²) in [7, 11) is 0. The SMILES string of the molecule is CCCCCCN1C(=O)c2cccc3c(-c4ccc(-c5ccc(-c6ccc7c8c(cccc68)C(=O)N(CCCCCC)C7=O)s5)s4)ccc(c23)C1=O. The first-order valence-corrected chi connectivity index (χ1v) is 20.1. The molecule has 4 heterocycles. The maximum Gasteiger partial charge on any atom is 0.261 e. The van der Waals surface area contributed by atoms with Gasteiger partial charge in [-0.3, -0.25) is 29.0 Å². The Labute approximate surface area is 311 Å². The normalized spacial score (nSPS) is 14.0. The Morgan fingerprint density at radius 3 is 1.17 bits per heavy atom. The lowest BCUT2D eigenvalue weighted by molar-refractivity contribution is 0.0592. The predicted octanol–water partition coefficient (Wildman–Crippen LogP) is 11.5. The van der Waals surface area contributed by atoms with Gasteiger partial charge < -0.3 is 0 Å². The molecular formula is C44H40N2O4S2. The highest BCUT2D eigenvalue weighted by Gasteiger charge is 2.34. The van der Waals surface area contributed by atoms with E-state index in [9.17, 15) is 19.2 Å². The number of unbranched alkanes of at least 4 members (excludes halogenated alkanes) is 6. The van der Waals surface area contributed by atoms with Crippen molar-refractivity contribution in [2.75, 3.05) is 13.1 Å². The monoisotopic (exact) mass is 724 g/mol. The number of rotatable bonds is 13. The summed E-state index contributed by atoms with van der Waals surface area (Å²) >= 11 is 3.37. The molecule has 0 spiro atoms. The first-order valence-electron chi connectivity index (χ1n) is 18.5. The second kappa shape index (κ2) is 14.2. The number of amides is 4. The molecule has 0 saturated heterocycles. The first-order chi connectivity index (χ1) is 25.4. The van der Waals surface area contributed by atoms with Crippen LogP contribution in [0.5, 0.6) is 0 Å². The Balaban J connectivity index is 1.08. The maximum absolute atomic E-state index is 13.6. The Kier molecular flexibility index (Phi) is 9.36. The lowest BCUT2D eigenvalue weighted by Crippen LogP contribution is -2.40. The average Bonchev–Trinajstić information content (AvgIpc) is 3.86. The highest BCUT2D eigenvalue weighted by molar-refractivity contribution is 7.25. The number of hydrogen-bond acceptors (Lipinski definition) is 6. The van der Waals surface area contributed by atoms with Crippen LogP contribution in [-0.2, 0) is 0 Å². The average molecular weight is 725 g/mol. The van der Waals surface area contributed by atoms with Gasteiger partial charge in [-0.05, 0) is 83.3 Å². The van der Waals surface area contributed by atoms with Gasteiger partial charge in [0, 0.05) is 65.6 Å². The molecular weight excluding hydrogens is 685 g/mol. The van der Waals surface area contributed by atoms with Crippen LogP contribution in [0.1, 0.15) is 107 Å². The minimum absolute atomic E-state index is 0.207. The van der Waals surface area contributed by atoms with Gasteiger partial charge in [-0.15, -0.1) is 22.7 Å². The van der Waals surface area contributed by atoms with Crippen molar-refractivity contribution in [2.45, 2.75) is 65.2 Å². The largest absolute Gasteiger partial charge is 0.274 e. The predicted molar refractivity (Wildman–Crippen MR) is 213 cm³/mol. The molecule has 0 radical (unpaired) electrons. The Hall–Kier alpha value is -4.92. The van der Waals surface area contributed by atoms with Crippen LogP contribution in [0, 0.1) is 0 Å². The molecule has 52 heavy (non-hydrogen) atoms. The number of thiophene rings is 2. The minimum Gasteiger partial charge on any atom is -0.274 e. The molecule has 2 aromatic heterocycles. The van der Waals surface area contributed by atoms with Crippen LogP contribution in [0.4, 0.5) is 0 Å². The van der Waals surface area contributed by atoms with Crippen LogP contribution in [0.25, 0.3) is 52.2 Å².